The average molecular weight is 660 g/mol. The Morgan fingerprint density at radius 1 is 0.979 bits per heavy atom. The molecule has 5 amide bonds. The number of aryl methyl sites for hydroxylation is 2. The summed E-state index contributed by atoms with van der Waals surface area (Å²) < 4.78 is 5.40. The number of carbonyl (C=O) groups is 5. The highest BCUT2D eigenvalue weighted by atomic mass is 16.5. The molecule has 13 nitrogen and oxygen atoms in total. The summed E-state index contributed by atoms with van der Waals surface area (Å²) in [6, 6.07) is 14.1. The molecule has 0 bridgehead atoms. The van der Waals surface area contributed by atoms with E-state index in [1.165, 1.54) is 16.8 Å². The summed E-state index contributed by atoms with van der Waals surface area (Å²) >= 11 is 0. The van der Waals surface area contributed by atoms with Gasteiger partial charge in [0, 0.05) is 45.0 Å². The summed E-state index contributed by atoms with van der Waals surface area (Å²) in [4.78, 5) is 74.2. The molecule has 3 N–H and O–H groups in total. The maximum atomic E-state index is 13.6. The van der Waals surface area contributed by atoms with Crippen LogP contribution in [0.3, 0.4) is 0 Å². The predicted octanol–water partition coefficient (Wildman–Crippen LogP) is 2.04. The van der Waals surface area contributed by atoms with Crippen LogP contribution in [0, 0.1) is 12.8 Å². The van der Waals surface area contributed by atoms with Crippen molar-refractivity contribution >= 4 is 29.5 Å². The van der Waals surface area contributed by atoms with E-state index in [0.717, 1.165) is 16.7 Å². The molecule has 4 rings (SSSR count). The van der Waals surface area contributed by atoms with E-state index >= 15 is 0 Å². The van der Waals surface area contributed by atoms with Crippen LogP contribution in [-0.2, 0) is 36.8 Å². The third kappa shape index (κ3) is 9.72. The highest BCUT2D eigenvalue weighted by Crippen LogP contribution is 2.20. The van der Waals surface area contributed by atoms with E-state index in [0.29, 0.717) is 12.2 Å². The van der Waals surface area contributed by atoms with Crippen molar-refractivity contribution < 1.29 is 28.5 Å². The van der Waals surface area contributed by atoms with Crippen molar-refractivity contribution in [1.82, 2.24) is 35.9 Å². The first-order valence-electron chi connectivity index (χ1n) is 16.3. The maximum Gasteiger partial charge on any atom is 0.245 e. The molecule has 1 aliphatic rings. The Balaban J connectivity index is 1.54. The molecule has 3 aromatic rings. The van der Waals surface area contributed by atoms with Crippen molar-refractivity contribution in [1.29, 1.82) is 0 Å². The van der Waals surface area contributed by atoms with Crippen LogP contribution >= 0.6 is 0 Å². The molecule has 0 unspecified atom stereocenters. The molecule has 2 aromatic carbocycles. The lowest BCUT2D eigenvalue weighted by Crippen LogP contribution is -2.57. The zero-order valence-corrected chi connectivity index (χ0v) is 28.2. The molecule has 0 aliphatic carbocycles. The molecule has 13 heteroatoms. The van der Waals surface area contributed by atoms with Gasteiger partial charge in [-0.2, -0.15) is 4.98 Å². The molecule has 1 aromatic heterocycles. The predicted molar refractivity (Wildman–Crippen MR) is 178 cm³/mol. The second-order valence-corrected chi connectivity index (χ2v) is 12.6. The van der Waals surface area contributed by atoms with Gasteiger partial charge in [-0.3, -0.25) is 24.0 Å². The number of benzene rings is 2. The Morgan fingerprint density at radius 2 is 1.69 bits per heavy atom. The van der Waals surface area contributed by atoms with Crippen molar-refractivity contribution in [3.8, 4) is 11.4 Å². The molecule has 0 radical (unpaired) electrons. The molecule has 256 valence electrons. The van der Waals surface area contributed by atoms with Crippen LogP contribution in [0.25, 0.3) is 11.4 Å². The first-order chi connectivity index (χ1) is 22.9. The first-order valence-corrected chi connectivity index (χ1v) is 16.3. The smallest absolute Gasteiger partial charge is 0.245 e. The number of hydrogen-bond acceptors (Lipinski definition) is 8. The average Bonchev–Trinajstić information content (AvgIpc) is 3.53. The van der Waals surface area contributed by atoms with Gasteiger partial charge in [0.25, 0.3) is 0 Å². The van der Waals surface area contributed by atoms with Crippen molar-refractivity contribution in [2.75, 3.05) is 26.7 Å². The van der Waals surface area contributed by atoms with E-state index < -0.39 is 41.8 Å². The van der Waals surface area contributed by atoms with Crippen LogP contribution in [0.1, 0.15) is 50.6 Å². The lowest BCUT2D eigenvalue weighted by Gasteiger charge is -2.30. The van der Waals surface area contributed by atoms with E-state index in [2.05, 4.69) is 26.1 Å². The number of rotatable bonds is 8. The van der Waals surface area contributed by atoms with Crippen LogP contribution in [0.4, 0.5) is 0 Å². The summed E-state index contributed by atoms with van der Waals surface area (Å²) in [5.74, 6) is -1.56. The van der Waals surface area contributed by atoms with Gasteiger partial charge >= 0.3 is 0 Å². The fraction of sp³-hybridized carbons (Fsp3) is 0.457. The molecule has 1 aliphatic heterocycles. The van der Waals surface area contributed by atoms with Crippen molar-refractivity contribution in [2.45, 2.75) is 71.5 Å². The van der Waals surface area contributed by atoms with Crippen LogP contribution in [0.15, 0.2) is 59.1 Å². The Labute approximate surface area is 280 Å². The van der Waals surface area contributed by atoms with Crippen LogP contribution in [-0.4, -0.2) is 94.3 Å². The van der Waals surface area contributed by atoms with Gasteiger partial charge in [0.15, 0.2) is 0 Å². The van der Waals surface area contributed by atoms with Crippen LogP contribution < -0.4 is 16.0 Å². The van der Waals surface area contributed by atoms with Crippen LogP contribution in [0.2, 0.25) is 0 Å². The van der Waals surface area contributed by atoms with E-state index in [9.17, 15) is 24.0 Å². The second-order valence-electron chi connectivity index (χ2n) is 12.6. The monoisotopic (exact) mass is 659 g/mol. The van der Waals surface area contributed by atoms with Gasteiger partial charge in [-0.05, 0) is 37.3 Å². The number of carbonyl (C=O) groups excluding carboxylic acids is 5. The molecular formula is C35H45N7O6. The van der Waals surface area contributed by atoms with Gasteiger partial charge in [0.2, 0.25) is 41.3 Å². The number of nitrogens with zero attached hydrogens (tertiary/aromatic N) is 4. The molecule has 0 saturated carbocycles. The van der Waals surface area contributed by atoms with Crippen LogP contribution in [0.5, 0.6) is 0 Å². The number of likely N-dealkylation sites (N-methyl/N-ethyl adjacent to an activating group) is 1. The number of hydrogen-bond donors (Lipinski definition) is 3. The Morgan fingerprint density at radius 3 is 2.40 bits per heavy atom. The fourth-order valence-electron chi connectivity index (χ4n) is 5.46. The highest BCUT2D eigenvalue weighted by Gasteiger charge is 2.33. The topological polar surface area (TPSA) is 167 Å². The summed E-state index contributed by atoms with van der Waals surface area (Å²) in [6.45, 7) is 7.07. The third-order valence-corrected chi connectivity index (χ3v) is 8.34. The van der Waals surface area contributed by atoms with E-state index in [1.54, 1.807) is 6.92 Å². The molecule has 1 fully saturated rings. The minimum Gasteiger partial charge on any atom is -0.353 e. The van der Waals surface area contributed by atoms with E-state index in [1.807, 2.05) is 75.4 Å². The standard InChI is InChI=1S/C35H45N7O6/c1-22(2)19-28-35(47)41(5)24(4)33(45)38-27(20-25-12-7-6-8-13-25)34(46)36-17-18-42(21-29(43)37-28)31(44)16-15-30-39-32(40-48-30)26-14-10-9-11-23(26)3/h6-14,22,24,27-28H,15-21H2,1-5H3,(H,36,46)(H,37,43)(H,38,45)/t24-,27-,28-/m0/s1. The second kappa shape index (κ2) is 16.7. The number of amides is 5. The number of nitrogens with one attached hydrogen (secondary N) is 3. The van der Waals surface area contributed by atoms with Gasteiger partial charge < -0.3 is 30.3 Å². The lowest BCUT2D eigenvalue weighted by molar-refractivity contribution is -0.142. The van der Waals surface area contributed by atoms with Crippen molar-refractivity contribution in [3.05, 3.63) is 71.6 Å². The maximum absolute atomic E-state index is 13.6. The van der Waals surface area contributed by atoms with E-state index in [4.69, 9.17) is 4.52 Å². The molecule has 0 spiro atoms. The SMILES string of the molecule is Cc1ccccc1-c1noc(CCC(=O)N2CCNC(=O)[C@H](Cc3ccccc3)NC(=O)[C@H](C)N(C)C(=O)[C@H](CC(C)C)NC(=O)C2)n1. The highest BCUT2D eigenvalue weighted by molar-refractivity contribution is 5.95. The lowest BCUT2D eigenvalue weighted by atomic mass is 10.0. The summed E-state index contributed by atoms with van der Waals surface area (Å²) in [5, 5.41) is 12.5. The Kier molecular flexibility index (Phi) is 12.4. The minimum absolute atomic E-state index is 0.0153. The quantitative estimate of drug-likeness (QED) is 0.330. The summed E-state index contributed by atoms with van der Waals surface area (Å²) in [6.07, 6.45) is 0.660. The Bertz CT molecular complexity index is 1590. The largest absolute Gasteiger partial charge is 0.353 e. The van der Waals surface area contributed by atoms with Gasteiger partial charge in [-0.15, -0.1) is 0 Å². The zero-order valence-electron chi connectivity index (χ0n) is 28.2. The number of aromatic nitrogens is 2. The third-order valence-electron chi connectivity index (χ3n) is 8.34. The molecule has 1 saturated heterocycles. The summed E-state index contributed by atoms with van der Waals surface area (Å²) in [7, 11) is 1.49. The van der Waals surface area contributed by atoms with Crippen molar-refractivity contribution in [3.63, 3.8) is 0 Å². The minimum atomic E-state index is -0.939. The molecule has 2 heterocycles. The normalized spacial score (nSPS) is 20.1. The molecular weight excluding hydrogens is 614 g/mol. The first kappa shape index (κ1) is 35.8. The van der Waals surface area contributed by atoms with E-state index in [-0.39, 0.29) is 56.6 Å². The Hall–Kier alpha value is -5.07. The van der Waals surface area contributed by atoms with Gasteiger partial charge in [0.1, 0.15) is 18.1 Å². The molecule has 3 atom stereocenters. The van der Waals surface area contributed by atoms with Crippen molar-refractivity contribution in [2.24, 2.45) is 5.92 Å². The zero-order chi connectivity index (χ0) is 34.8. The van der Waals surface area contributed by atoms with Gasteiger partial charge in [-0.25, -0.2) is 0 Å². The fourth-order valence-corrected chi connectivity index (χ4v) is 5.46. The molecule has 48 heavy (non-hydrogen) atoms. The van der Waals surface area contributed by atoms with Gasteiger partial charge in [0.05, 0.1) is 6.54 Å². The summed E-state index contributed by atoms with van der Waals surface area (Å²) in [5.41, 5.74) is 2.64. The van der Waals surface area contributed by atoms with Gasteiger partial charge in [-0.1, -0.05) is 73.6 Å².